The summed E-state index contributed by atoms with van der Waals surface area (Å²) in [7, 11) is 0. The molecule has 0 atom stereocenters. The van der Waals surface area contributed by atoms with Crippen LogP contribution in [0.2, 0.25) is 0 Å². The van der Waals surface area contributed by atoms with Crippen LogP contribution in [0.25, 0.3) is 0 Å². The number of thiazole rings is 1. The van der Waals surface area contributed by atoms with Gasteiger partial charge in [0, 0.05) is 11.9 Å². The maximum atomic E-state index is 11.8. The van der Waals surface area contributed by atoms with Gasteiger partial charge in [0.25, 0.3) is 0 Å². The van der Waals surface area contributed by atoms with E-state index in [2.05, 4.69) is 10.3 Å². The second kappa shape index (κ2) is 4.63. The summed E-state index contributed by atoms with van der Waals surface area (Å²) in [5.74, 6) is 0. The van der Waals surface area contributed by atoms with Crippen molar-refractivity contribution in [1.82, 2.24) is 4.98 Å². The Hall–Kier alpha value is -0.780. The van der Waals surface area contributed by atoms with Crippen LogP contribution in [-0.2, 0) is 6.42 Å². The minimum absolute atomic E-state index is 0.111. The van der Waals surface area contributed by atoms with Crippen molar-refractivity contribution in [2.45, 2.75) is 25.9 Å². The van der Waals surface area contributed by atoms with E-state index in [1.807, 2.05) is 12.3 Å². The van der Waals surface area contributed by atoms with Crippen molar-refractivity contribution in [3.63, 3.8) is 0 Å². The first kappa shape index (κ1) is 11.3. The van der Waals surface area contributed by atoms with E-state index in [-0.39, 0.29) is 6.54 Å². The SMILES string of the molecule is CCc1csc(NCCC(F)(F)F)n1. The molecule has 0 saturated carbocycles. The third-order valence-corrected chi connectivity index (χ3v) is 2.45. The van der Waals surface area contributed by atoms with Crippen molar-refractivity contribution >= 4 is 16.5 Å². The quantitative estimate of drug-likeness (QED) is 0.850. The lowest BCUT2D eigenvalue weighted by Crippen LogP contribution is -2.14. The predicted molar refractivity (Wildman–Crippen MR) is 50.7 cm³/mol. The van der Waals surface area contributed by atoms with Gasteiger partial charge in [0.05, 0.1) is 12.1 Å². The average Bonchev–Trinajstić information content (AvgIpc) is 2.50. The topological polar surface area (TPSA) is 24.9 Å². The largest absolute Gasteiger partial charge is 0.390 e. The van der Waals surface area contributed by atoms with Gasteiger partial charge in [0.1, 0.15) is 0 Å². The van der Waals surface area contributed by atoms with Gasteiger partial charge in [-0.2, -0.15) is 13.2 Å². The number of nitrogens with one attached hydrogen (secondary N) is 1. The van der Waals surface area contributed by atoms with E-state index in [9.17, 15) is 13.2 Å². The fourth-order valence-corrected chi connectivity index (χ4v) is 1.68. The predicted octanol–water partition coefficient (Wildman–Crippen LogP) is 3.07. The molecule has 0 aliphatic rings. The molecule has 0 spiro atoms. The number of hydrogen-bond acceptors (Lipinski definition) is 3. The fraction of sp³-hybridized carbons (Fsp3) is 0.625. The van der Waals surface area contributed by atoms with E-state index in [0.29, 0.717) is 5.13 Å². The standard InChI is InChI=1S/C8H11F3N2S/c1-2-6-5-14-7(13-6)12-4-3-8(9,10)11/h5H,2-4H2,1H3,(H,12,13). The van der Waals surface area contributed by atoms with Crippen LogP contribution >= 0.6 is 11.3 Å². The Morgan fingerprint density at radius 1 is 1.50 bits per heavy atom. The molecule has 0 fully saturated rings. The molecule has 1 N–H and O–H groups in total. The van der Waals surface area contributed by atoms with Gasteiger partial charge in [-0.1, -0.05) is 6.92 Å². The fourth-order valence-electron chi connectivity index (χ4n) is 0.862. The van der Waals surface area contributed by atoms with E-state index >= 15 is 0 Å². The second-order valence-electron chi connectivity index (χ2n) is 2.79. The van der Waals surface area contributed by atoms with Crippen molar-refractivity contribution in [1.29, 1.82) is 0 Å². The summed E-state index contributed by atoms with van der Waals surface area (Å²) in [6.45, 7) is 1.84. The Bertz CT molecular complexity index is 282. The zero-order valence-electron chi connectivity index (χ0n) is 7.69. The summed E-state index contributed by atoms with van der Waals surface area (Å²) in [6, 6.07) is 0. The number of anilines is 1. The molecule has 2 nitrogen and oxygen atoms in total. The number of alkyl halides is 3. The third-order valence-electron chi connectivity index (χ3n) is 1.60. The Kier molecular flexibility index (Phi) is 3.74. The Balaban J connectivity index is 2.31. The minimum Gasteiger partial charge on any atom is -0.361 e. The second-order valence-corrected chi connectivity index (χ2v) is 3.65. The summed E-state index contributed by atoms with van der Waals surface area (Å²) in [5, 5.41) is 5.05. The summed E-state index contributed by atoms with van der Waals surface area (Å²) >= 11 is 1.34. The van der Waals surface area contributed by atoms with Crippen molar-refractivity contribution in [3.05, 3.63) is 11.1 Å². The summed E-state index contributed by atoms with van der Waals surface area (Å²) < 4.78 is 35.3. The molecule has 0 bridgehead atoms. The van der Waals surface area contributed by atoms with Crippen LogP contribution in [0.4, 0.5) is 18.3 Å². The summed E-state index contributed by atoms with van der Waals surface area (Å²) in [4.78, 5) is 4.09. The van der Waals surface area contributed by atoms with E-state index in [1.54, 1.807) is 0 Å². The number of hydrogen-bond donors (Lipinski definition) is 1. The zero-order valence-corrected chi connectivity index (χ0v) is 8.50. The highest BCUT2D eigenvalue weighted by Gasteiger charge is 2.26. The van der Waals surface area contributed by atoms with Gasteiger partial charge in [0.15, 0.2) is 5.13 Å². The van der Waals surface area contributed by atoms with Crippen LogP contribution in [0.15, 0.2) is 5.38 Å². The number of rotatable bonds is 4. The molecule has 80 valence electrons. The molecule has 1 rings (SSSR count). The van der Waals surface area contributed by atoms with Gasteiger partial charge in [-0.3, -0.25) is 0 Å². The molecule has 0 aliphatic heterocycles. The van der Waals surface area contributed by atoms with E-state index in [1.165, 1.54) is 11.3 Å². The van der Waals surface area contributed by atoms with Gasteiger partial charge >= 0.3 is 6.18 Å². The lowest BCUT2D eigenvalue weighted by Gasteiger charge is -2.05. The van der Waals surface area contributed by atoms with Crippen LogP contribution in [-0.4, -0.2) is 17.7 Å². The van der Waals surface area contributed by atoms with E-state index < -0.39 is 12.6 Å². The maximum absolute atomic E-state index is 11.8. The van der Waals surface area contributed by atoms with Gasteiger partial charge in [-0.25, -0.2) is 4.98 Å². The summed E-state index contributed by atoms with van der Waals surface area (Å²) in [6.07, 6.45) is -4.12. The van der Waals surface area contributed by atoms with Gasteiger partial charge in [-0.05, 0) is 6.42 Å². The van der Waals surface area contributed by atoms with Crippen molar-refractivity contribution < 1.29 is 13.2 Å². The number of nitrogens with zero attached hydrogens (tertiary/aromatic N) is 1. The van der Waals surface area contributed by atoms with E-state index in [0.717, 1.165) is 12.1 Å². The van der Waals surface area contributed by atoms with Crippen LogP contribution in [0.5, 0.6) is 0 Å². The molecule has 0 aromatic carbocycles. The van der Waals surface area contributed by atoms with Gasteiger partial charge in [-0.15, -0.1) is 11.3 Å². The smallest absolute Gasteiger partial charge is 0.361 e. The zero-order chi connectivity index (χ0) is 10.6. The molecule has 0 unspecified atom stereocenters. The molecular formula is C8H11F3N2S. The van der Waals surface area contributed by atoms with E-state index in [4.69, 9.17) is 0 Å². The van der Waals surface area contributed by atoms with Crippen molar-refractivity contribution in [3.8, 4) is 0 Å². The maximum Gasteiger partial charge on any atom is 0.390 e. The molecule has 14 heavy (non-hydrogen) atoms. The highest BCUT2D eigenvalue weighted by atomic mass is 32.1. The van der Waals surface area contributed by atoms with Crippen LogP contribution in [0, 0.1) is 0 Å². The Morgan fingerprint density at radius 3 is 2.71 bits per heavy atom. The van der Waals surface area contributed by atoms with Crippen molar-refractivity contribution in [2.75, 3.05) is 11.9 Å². The molecule has 0 aliphatic carbocycles. The van der Waals surface area contributed by atoms with Crippen molar-refractivity contribution in [2.24, 2.45) is 0 Å². The number of halogens is 3. The number of aryl methyl sites for hydroxylation is 1. The molecule has 0 amide bonds. The first-order valence-corrected chi connectivity index (χ1v) is 5.14. The first-order valence-electron chi connectivity index (χ1n) is 4.26. The molecular weight excluding hydrogens is 213 g/mol. The van der Waals surface area contributed by atoms with Crippen LogP contribution in [0.3, 0.4) is 0 Å². The third kappa shape index (κ3) is 3.95. The average molecular weight is 224 g/mol. The monoisotopic (exact) mass is 224 g/mol. The van der Waals surface area contributed by atoms with Gasteiger partial charge < -0.3 is 5.32 Å². The summed E-state index contributed by atoms with van der Waals surface area (Å²) in [5.41, 5.74) is 0.907. The minimum atomic E-state index is -4.10. The lowest BCUT2D eigenvalue weighted by atomic mass is 10.4. The molecule has 1 aromatic heterocycles. The first-order chi connectivity index (χ1) is 6.51. The Labute approximate surface area is 84.2 Å². The Morgan fingerprint density at radius 2 is 2.21 bits per heavy atom. The molecule has 1 heterocycles. The molecule has 6 heteroatoms. The highest BCUT2D eigenvalue weighted by Crippen LogP contribution is 2.20. The lowest BCUT2D eigenvalue weighted by molar-refractivity contribution is -0.131. The molecule has 0 saturated heterocycles. The number of aromatic nitrogens is 1. The van der Waals surface area contributed by atoms with Crippen LogP contribution < -0.4 is 5.32 Å². The molecule has 0 radical (unpaired) electrons. The highest BCUT2D eigenvalue weighted by molar-refractivity contribution is 7.13. The normalized spacial score (nSPS) is 11.7. The van der Waals surface area contributed by atoms with Crippen LogP contribution in [0.1, 0.15) is 19.0 Å². The van der Waals surface area contributed by atoms with Gasteiger partial charge in [0.2, 0.25) is 0 Å². The molecule has 1 aromatic rings.